The Bertz CT molecular complexity index is 1010. The summed E-state index contributed by atoms with van der Waals surface area (Å²) in [5.41, 5.74) is 2.35. The van der Waals surface area contributed by atoms with Crippen molar-refractivity contribution in [2.45, 2.75) is 6.92 Å². The summed E-state index contributed by atoms with van der Waals surface area (Å²) in [6.07, 6.45) is 0. The highest BCUT2D eigenvalue weighted by atomic mass is 35.5. The number of methoxy groups -OCH3 is 2. The van der Waals surface area contributed by atoms with Crippen LogP contribution in [0.15, 0.2) is 48.5 Å². The maximum absolute atomic E-state index is 12.0. The van der Waals surface area contributed by atoms with E-state index in [1.807, 2.05) is 6.92 Å². The van der Waals surface area contributed by atoms with Crippen molar-refractivity contribution >= 4 is 40.7 Å². The molecule has 2 aromatic carbocycles. The number of aromatic nitrogens is 2. The molecular weight excluding hydrogens is 380 g/mol. The third-order valence-corrected chi connectivity index (χ3v) is 4.09. The van der Waals surface area contributed by atoms with Gasteiger partial charge in [0, 0.05) is 16.8 Å². The molecule has 3 rings (SSSR count). The number of nitrogens with one attached hydrogen (secondary N) is 2. The van der Waals surface area contributed by atoms with Gasteiger partial charge in [-0.2, -0.15) is 4.98 Å². The summed E-state index contributed by atoms with van der Waals surface area (Å²) < 4.78 is 10.2. The number of benzene rings is 2. The number of anilines is 4. The molecule has 28 heavy (non-hydrogen) atoms. The average Bonchev–Trinajstić information content (AvgIpc) is 2.67. The Hall–Kier alpha value is -3.32. The van der Waals surface area contributed by atoms with Crippen molar-refractivity contribution in [1.29, 1.82) is 0 Å². The summed E-state index contributed by atoms with van der Waals surface area (Å²) in [6, 6.07) is 14.0. The average molecular weight is 399 g/mol. The predicted molar refractivity (Wildman–Crippen MR) is 109 cm³/mol. The number of hydrogen-bond donors (Lipinski definition) is 2. The molecule has 0 atom stereocenters. The standard InChI is InChI=1S/C20H19ClN4O3/c1-12-10-18(23-16-11-13(21)8-9-17(16)27-2)25-20(22-12)24-15-7-5-4-6-14(15)19(26)28-3/h4-11H,1-3H3,(H2,22,23,24,25). The molecule has 0 aliphatic rings. The minimum atomic E-state index is -0.447. The summed E-state index contributed by atoms with van der Waals surface area (Å²) in [5.74, 6) is 1.06. The SMILES string of the molecule is COC(=O)c1ccccc1Nc1nc(C)cc(Nc2cc(Cl)ccc2OC)n1. The molecule has 1 heterocycles. The molecule has 8 heteroatoms. The molecule has 144 valence electrons. The van der Waals surface area contributed by atoms with Crippen molar-refractivity contribution in [3.8, 4) is 5.75 Å². The zero-order valence-corrected chi connectivity index (χ0v) is 16.4. The van der Waals surface area contributed by atoms with E-state index in [2.05, 4.69) is 20.6 Å². The van der Waals surface area contributed by atoms with Crippen molar-refractivity contribution in [2.24, 2.45) is 0 Å². The molecule has 0 spiro atoms. The van der Waals surface area contributed by atoms with Gasteiger partial charge in [-0.05, 0) is 37.3 Å². The highest BCUT2D eigenvalue weighted by Crippen LogP contribution is 2.30. The van der Waals surface area contributed by atoms with Crippen LogP contribution in [0.3, 0.4) is 0 Å². The molecule has 0 fully saturated rings. The fourth-order valence-electron chi connectivity index (χ4n) is 2.60. The molecular formula is C20H19ClN4O3. The normalized spacial score (nSPS) is 10.3. The fraction of sp³-hybridized carbons (Fsp3) is 0.150. The molecule has 0 amide bonds. The van der Waals surface area contributed by atoms with Crippen LogP contribution in [0.2, 0.25) is 5.02 Å². The fourth-order valence-corrected chi connectivity index (χ4v) is 2.78. The van der Waals surface area contributed by atoms with E-state index < -0.39 is 5.97 Å². The first-order chi connectivity index (χ1) is 13.5. The highest BCUT2D eigenvalue weighted by molar-refractivity contribution is 6.31. The van der Waals surface area contributed by atoms with Crippen LogP contribution in [0.25, 0.3) is 0 Å². The molecule has 0 aliphatic carbocycles. The van der Waals surface area contributed by atoms with Gasteiger partial charge in [0.1, 0.15) is 11.6 Å². The van der Waals surface area contributed by atoms with E-state index in [1.54, 1.807) is 55.6 Å². The second-order valence-electron chi connectivity index (χ2n) is 5.85. The quantitative estimate of drug-likeness (QED) is 0.581. The lowest BCUT2D eigenvalue weighted by Gasteiger charge is -2.14. The van der Waals surface area contributed by atoms with Gasteiger partial charge in [0.15, 0.2) is 0 Å². The number of aryl methyl sites for hydroxylation is 1. The van der Waals surface area contributed by atoms with Gasteiger partial charge in [0.05, 0.1) is 31.2 Å². The van der Waals surface area contributed by atoms with Crippen molar-refractivity contribution in [1.82, 2.24) is 9.97 Å². The molecule has 0 aliphatic heterocycles. The maximum atomic E-state index is 12.0. The number of carbonyl (C=O) groups excluding carboxylic acids is 1. The minimum Gasteiger partial charge on any atom is -0.495 e. The summed E-state index contributed by atoms with van der Waals surface area (Å²) >= 11 is 6.09. The number of nitrogens with zero attached hydrogens (tertiary/aromatic N) is 2. The van der Waals surface area contributed by atoms with Crippen LogP contribution < -0.4 is 15.4 Å². The van der Waals surface area contributed by atoms with Gasteiger partial charge in [0.2, 0.25) is 5.95 Å². The van der Waals surface area contributed by atoms with Crippen LogP contribution in [0.5, 0.6) is 5.75 Å². The third kappa shape index (κ3) is 4.50. The van der Waals surface area contributed by atoms with Gasteiger partial charge in [-0.15, -0.1) is 0 Å². The van der Waals surface area contributed by atoms with Crippen molar-refractivity contribution < 1.29 is 14.3 Å². The van der Waals surface area contributed by atoms with Crippen LogP contribution >= 0.6 is 11.6 Å². The Morgan fingerprint density at radius 1 is 1.00 bits per heavy atom. The molecule has 0 saturated carbocycles. The molecule has 0 radical (unpaired) electrons. The number of carbonyl (C=O) groups is 1. The summed E-state index contributed by atoms with van der Waals surface area (Å²) in [5, 5.41) is 6.83. The zero-order valence-electron chi connectivity index (χ0n) is 15.6. The number of para-hydroxylation sites is 1. The largest absolute Gasteiger partial charge is 0.495 e. The molecule has 7 nitrogen and oxygen atoms in total. The van der Waals surface area contributed by atoms with Gasteiger partial charge in [-0.1, -0.05) is 23.7 Å². The number of esters is 1. The van der Waals surface area contributed by atoms with E-state index in [0.717, 1.165) is 5.69 Å². The first-order valence-corrected chi connectivity index (χ1v) is 8.78. The first-order valence-electron chi connectivity index (χ1n) is 8.41. The second-order valence-corrected chi connectivity index (χ2v) is 6.29. The van der Waals surface area contributed by atoms with E-state index in [0.29, 0.717) is 39.5 Å². The number of halogens is 1. The molecule has 0 saturated heterocycles. The van der Waals surface area contributed by atoms with Crippen LogP contribution in [-0.4, -0.2) is 30.2 Å². The van der Waals surface area contributed by atoms with Gasteiger partial charge in [-0.3, -0.25) is 0 Å². The predicted octanol–water partition coefficient (Wildman–Crippen LogP) is 4.72. The van der Waals surface area contributed by atoms with Crippen LogP contribution in [0, 0.1) is 6.92 Å². The Morgan fingerprint density at radius 2 is 1.79 bits per heavy atom. The summed E-state index contributed by atoms with van der Waals surface area (Å²) in [7, 11) is 2.92. The number of rotatable bonds is 6. The Labute approximate surface area is 167 Å². The topological polar surface area (TPSA) is 85.4 Å². The van der Waals surface area contributed by atoms with Crippen LogP contribution in [0.4, 0.5) is 23.1 Å². The minimum absolute atomic E-state index is 0.333. The van der Waals surface area contributed by atoms with Crippen LogP contribution in [-0.2, 0) is 4.74 Å². The highest BCUT2D eigenvalue weighted by Gasteiger charge is 2.13. The Kier molecular flexibility index (Phi) is 5.96. The lowest BCUT2D eigenvalue weighted by atomic mass is 10.2. The van der Waals surface area contributed by atoms with Crippen LogP contribution in [0.1, 0.15) is 16.1 Å². The monoisotopic (exact) mass is 398 g/mol. The van der Waals surface area contributed by atoms with Crippen molar-refractivity contribution in [2.75, 3.05) is 24.9 Å². The molecule has 0 bridgehead atoms. The van der Waals surface area contributed by atoms with Gasteiger partial charge in [-0.25, -0.2) is 9.78 Å². The van der Waals surface area contributed by atoms with Crippen molar-refractivity contribution in [3.63, 3.8) is 0 Å². The second kappa shape index (κ2) is 8.58. The lowest BCUT2D eigenvalue weighted by Crippen LogP contribution is -2.08. The number of ether oxygens (including phenoxy) is 2. The third-order valence-electron chi connectivity index (χ3n) is 3.86. The Morgan fingerprint density at radius 3 is 2.54 bits per heavy atom. The van der Waals surface area contributed by atoms with E-state index in [1.165, 1.54) is 7.11 Å². The van der Waals surface area contributed by atoms with Gasteiger partial charge < -0.3 is 20.1 Å². The van der Waals surface area contributed by atoms with E-state index >= 15 is 0 Å². The van der Waals surface area contributed by atoms with Gasteiger partial charge in [0.25, 0.3) is 0 Å². The Balaban J connectivity index is 1.91. The van der Waals surface area contributed by atoms with Gasteiger partial charge >= 0.3 is 5.97 Å². The number of hydrogen-bond acceptors (Lipinski definition) is 7. The molecule has 3 aromatic rings. The lowest BCUT2D eigenvalue weighted by molar-refractivity contribution is 0.0602. The summed E-state index contributed by atoms with van der Waals surface area (Å²) in [6.45, 7) is 1.85. The van der Waals surface area contributed by atoms with E-state index in [-0.39, 0.29) is 0 Å². The molecule has 0 unspecified atom stereocenters. The molecule has 1 aromatic heterocycles. The summed E-state index contributed by atoms with van der Waals surface area (Å²) in [4.78, 5) is 20.8. The smallest absolute Gasteiger partial charge is 0.339 e. The zero-order chi connectivity index (χ0) is 20.1. The van der Waals surface area contributed by atoms with E-state index in [4.69, 9.17) is 21.1 Å². The first kappa shape index (κ1) is 19.4. The molecule has 2 N–H and O–H groups in total. The van der Waals surface area contributed by atoms with E-state index in [9.17, 15) is 4.79 Å². The van der Waals surface area contributed by atoms with Crippen molar-refractivity contribution in [3.05, 3.63) is 64.8 Å². The maximum Gasteiger partial charge on any atom is 0.339 e.